The van der Waals surface area contributed by atoms with Crippen LogP contribution in [-0.4, -0.2) is 48.9 Å². The Morgan fingerprint density at radius 1 is 0.867 bits per heavy atom. The molecule has 0 heterocycles. The molecule has 0 aliphatic rings. The standard InChI is InChI=1S/C24H34N4O2/c25-16-7-14-22(24(30)27-17-8-13-20-9-3-1-4-10-20)28(23(29)19-26)18-15-21-11-5-2-6-12-21/h1-6,9-12,22H,7-8,13-19,25-26H2,(H,27,30)/t22-/m0/s1. The van der Waals surface area contributed by atoms with Crippen LogP contribution in [0, 0.1) is 0 Å². The molecular formula is C24H34N4O2. The minimum Gasteiger partial charge on any atom is -0.354 e. The third kappa shape index (κ3) is 7.97. The highest BCUT2D eigenvalue weighted by molar-refractivity contribution is 5.88. The largest absolute Gasteiger partial charge is 0.354 e. The molecular weight excluding hydrogens is 376 g/mol. The van der Waals surface area contributed by atoms with Crippen LogP contribution < -0.4 is 16.8 Å². The highest BCUT2D eigenvalue weighted by Gasteiger charge is 2.28. The number of benzene rings is 2. The molecule has 1 atom stereocenters. The maximum atomic E-state index is 12.9. The summed E-state index contributed by atoms with van der Waals surface area (Å²) in [5.41, 5.74) is 13.7. The number of hydrogen-bond acceptors (Lipinski definition) is 4. The topological polar surface area (TPSA) is 101 Å². The van der Waals surface area contributed by atoms with Crippen LogP contribution in [0.4, 0.5) is 0 Å². The second-order valence-corrected chi connectivity index (χ2v) is 7.35. The molecule has 0 bridgehead atoms. The van der Waals surface area contributed by atoms with Crippen molar-refractivity contribution in [2.45, 2.75) is 38.1 Å². The van der Waals surface area contributed by atoms with Crippen molar-refractivity contribution in [3.05, 3.63) is 71.8 Å². The molecule has 6 nitrogen and oxygen atoms in total. The first-order chi connectivity index (χ1) is 14.7. The van der Waals surface area contributed by atoms with Crippen LogP contribution in [0.5, 0.6) is 0 Å². The van der Waals surface area contributed by atoms with Gasteiger partial charge in [0.1, 0.15) is 6.04 Å². The number of nitrogens with one attached hydrogen (secondary N) is 1. The number of carbonyl (C=O) groups excluding carboxylic acids is 2. The molecule has 2 aromatic rings. The molecule has 0 spiro atoms. The first-order valence-electron chi connectivity index (χ1n) is 10.7. The summed E-state index contributed by atoms with van der Waals surface area (Å²) in [6.07, 6.45) is 3.61. The highest BCUT2D eigenvalue weighted by Crippen LogP contribution is 2.11. The zero-order chi connectivity index (χ0) is 21.6. The highest BCUT2D eigenvalue weighted by atomic mass is 16.2. The molecule has 2 rings (SSSR count). The maximum absolute atomic E-state index is 12.9. The van der Waals surface area contributed by atoms with Crippen LogP contribution in [0.3, 0.4) is 0 Å². The van der Waals surface area contributed by atoms with Crippen LogP contribution in [0.25, 0.3) is 0 Å². The Morgan fingerprint density at radius 3 is 2.03 bits per heavy atom. The van der Waals surface area contributed by atoms with Crippen molar-refractivity contribution >= 4 is 11.8 Å². The SMILES string of the molecule is NCCC[C@@H](C(=O)NCCCc1ccccc1)N(CCc1ccccc1)C(=O)CN. The van der Waals surface area contributed by atoms with E-state index < -0.39 is 6.04 Å². The summed E-state index contributed by atoms with van der Waals surface area (Å²) in [4.78, 5) is 27.1. The number of hydrogen-bond donors (Lipinski definition) is 3. The van der Waals surface area contributed by atoms with E-state index in [0.717, 1.165) is 18.4 Å². The van der Waals surface area contributed by atoms with Gasteiger partial charge in [-0.25, -0.2) is 0 Å². The average Bonchev–Trinajstić information content (AvgIpc) is 2.79. The molecule has 0 unspecified atom stereocenters. The van der Waals surface area contributed by atoms with Gasteiger partial charge in [0.2, 0.25) is 11.8 Å². The van der Waals surface area contributed by atoms with Gasteiger partial charge < -0.3 is 21.7 Å². The van der Waals surface area contributed by atoms with E-state index in [0.29, 0.717) is 38.9 Å². The molecule has 2 amide bonds. The lowest BCUT2D eigenvalue weighted by atomic mass is 10.1. The molecule has 0 aromatic heterocycles. The fourth-order valence-corrected chi connectivity index (χ4v) is 3.47. The van der Waals surface area contributed by atoms with Gasteiger partial charge in [0.25, 0.3) is 0 Å². The van der Waals surface area contributed by atoms with Gasteiger partial charge in [0, 0.05) is 13.1 Å². The smallest absolute Gasteiger partial charge is 0.242 e. The quantitative estimate of drug-likeness (QED) is 0.439. The lowest BCUT2D eigenvalue weighted by molar-refractivity contribution is -0.139. The summed E-state index contributed by atoms with van der Waals surface area (Å²) in [5.74, 6) is -0.348. The van der Waals surface area contributed by atoms with Crippen molar-refractivity contribution in [3.8, 4) is 0 Å². The predicted octanol–water partition coefficient (Wildman–Crippen LogP) is 1.87. The Bertz CT molecular complexity index is 752. The second-order valence-electron chi connectivity index (χ2n) is 7.35. The van der Waals surface area contributed by atoms with Crippen molar-refractivity contribution < 1.29 is 9.59 Å². The zero-order valence-electron chi connectivity index (χ0n) is 17.6. The summed E-state index contributed by atoms with van der Waals surface area (Å²) in [7, 11) is 0. The van der Waals surface area contributed by atoms with Crippen LogP contribution in [-0.2, 0) is 22.4 Å². The third-order valence-electron chi connectivity index (χ3n) is 5.12. The molecule has 0 saturated heterocycles. The summed E-state index contributed by atoms with van der Waals surface area (Å²) < 4.78 is 0. The van der Waals surface area contributed by atoms with Crippen molar-refractivity contribution in [2.24, 2.45) is 11.5 Å². The van der Waals surface area contributed by atoms with E-state index >= 15 is 0 Å². The minimum atomic E-state index is -0.551. The third-order valence-corrected chi connectivity index (χ3v) is 5.12. The molecule has 0 aliphatic carbocycles. The Hall–Kier alpha value is -2.70. The molecule has 0 radical (unpaired) electrons. The fraction of sp³-hybridized carbons (Fsp3) is 0.417. The summed E-state index contributed by atoms with van der Waals surface area (Å²) in [5, 5.41) is 3.01. The minimum absolute atomic E-state index is 0.116. The van der Waals surface area contributed by atoms with Crippen LogP contribution in [0.2, 0.25) is 0 Å². The zero-order valence-corrected chi connectivity index (χ0v) is 17.6. The lowest BCUT2D eigenvalue weighted by Crippen LogP contribution is -2.52. The molecule has 0 aliphatic heterocycles. The molecule has 2 aromatic carbocycles. The number of amides is 2. The molecule has 5 N–H and O–H groups in total. The Labute approximate surface area is 179 Å². The van der Waals surface area contributed by atoms with Crippen LogP contribution in [0.1, 0.15) is 30.4 Å². The van der Waals surface area contributed by atoms with E-state index in [-0.39, 0.29) is 18.4 Å². The Kier molecular flexibility index (Phi) is 10.6. The number of nitrogens with zero attached hydrogens (tertiary/aromatic N) is 1. The first kappa shape index (κ1) is 23.6. The van der Waals surface area contributed by atoms with Crippen molar-refractivity contribution in [3.63, 3.8) is 0 Å². The first-order valence-corrected chi connectivity index (χ1v) is 10.7. The van der Waals surface area contributed by atoms with Crippen molar-refractivity contribution in [1.82, 2.24) is 10.2 Å². The Balaban J connectivity index is 1.96. The number of aryl methyl sites for hydroxylation is 1. The van der Waals surface area contributed by atoms with Crippen molar-refractivity contribution in [1.29, 1.82) is 0 Å². The molecule has 0 saturated carbocycles. The van der Waals surface area contributed by atoms with E-state index in [4.69, 9.17) is 11.5 Å². The number of carbonyl (C=O) groups is 2. The van der Waals surface area contributed by atoms with Gasteiger partial charge in [-0.05, 0) is 49.8 Å². The van der Waals surface area contributed by atoms with Gasteiger partial charge in [-0.3, -0.25) is 9.59 Å². The molecule has 30 heavy (non-hydrogen) atoms. The van der Waals surface area contributed by atoms with Gasteiger partial charge in [-0.15, -0.1) is 0 Å². The van der Waals surface area contributed by atoms with Crippen LogP contribution in [0.15, 0.2) is 60.7 Å². The van der Waals surface area contributed by atoms with E-state index in [2.05, 4.69) is 17.4 Å². The fourth-order valence-electron chi connectivity index (χ4n) is 3.47. The van der Waals surface area contributed by atoms with E-state index in [1.54, 1.807) is 4.90 Å². The van der Waals surface area contributed by atoms with E-state index in [1.165, 1.54) is 5.56 Å². The molecule has 0 fully saturated rings. The van der Waals surface area contributed by atoms with Gasteiger partial charge in [-0.1, -0.05) is 60.7 Å². The van der Waals surface area contributed by atoms with Gasteiger partial charge >= 0.3 is 0 Å². The summed E-state index contributed by atoms with van der Waals surface area (Å²) in [6, 6.07) is 19.6. The Morgan fingerprint density at radius 2 is 1.47 bits per heavy atom. The van der Waals surface area contributed by atoms with Crippen LogP contribution >= 0.6 is 0 Å². The van der Waals surface area contributed by atoms with Gasteiger partial charge in [-0.2, -0.15) is 0 Å². The molecule has 6 heteroatoms. The number of nitrogens with two attached hydrogens (primary N) is 2. The van der Waals surface area contributed by atoms with Gasteiger partial charge in [0.15, 0.2) is 0 Å². The van der Waals surface area contributed by atoms with E-state index in [9.17, 15) is 9.59 Å². The normalized spacial score (nSPS) is 11.7. The summed E-state index contributed by atoms with van der Waals surface area (Å²) in [6.45, 7) is 1.37. The maximum Gasteiger partial charge on any atom is 0.242 e. The predicted molar refractivity (Wildman–Crippen MR) is 121 cm³/mol. The second kappa shape index (κ2) is 13.5. The monoisotopic (exact) mass is 410 g/mol. The van der Waals surface area contributed by atoms with Gasteiger partial charge in [0.05, 0.1) is 6.54 Å². The van der Waals surface area contributed by atoms with E-state index in [1.807, 2.05) is 48.5 Å². The summed E-state index contributed by atoms with van der Waals surface area (Å²) >= 11 is 0. The van der Waals surface area contributed by atoms with Crippen molar-refractivity contribution in [2.75, 3.05) is 26.2 Å². The average molecular weight is 411 g/mol. The molecule has 162 valence electrons. The number of rotatable bonds is 13. The lowest BCUT2D eigenvalue weighted by Gasteiger charge is -2.31.